The molecule has 2 heterocycles. The fourth-order valence-corrected chi connectivity index (χ4v) is 3.94. The van der Waals surface area contributed by atoms with Crippen LogP contribution in [0.2, 0.25) is 0 Å². The molecular weight excluding hydrogens is 270 g/mol. The van der Waals surface area contributed by atoms with E-state index in [1.54, 1.807) is 0 Å². The molecule has 0 radical (unpaired) electrons. The van der Waals surface area contributed by atoms with E-state index in [2.05, 4.69) is 20.4 Å². The van der Waals surface area contributed by atoms with Gasteiger partial charge in [0.15, 0.2) is 0 Å². The van der Waals surface area contributed by atoms with Gasteiger partial charge in [0.05, 0.1) is 0 Å². The van der Waals surface area contributed by atoms with Gasteiger partial charge in [-0.3, -0.25) is 14.7 Å². The molecule has 2 aliphatic rings. The molecule has 0 saturated heterocycles. The number of carbonyl (C=O) groups is 1. The zero-order valence-corrected chi connectivity index (χ0v) is 11.6. The normalized spacial score (nSPS) is 27.9. The second kappa shape index (κ2) is 4.68. The zero-order valence-electron chi connectivity index (χ0n) is 11.6. The molecule has 3 atom stereocenters. The fraction of sp³-hybridized carbons (Fsp3) is 0.571. The van der Waals surface area contributed by atoms with E-state index >= 15 is 0 Å². The second-order valence-corrected chi connectivity index (χ2v) is 6.01. The Bertz CT molecular complexity index is 749. The summed E-state index contributed by atoms with van der Waals surface area (Å²) < 4.78 is 1.18. The Morgan fingerprint density at radius 1 is 1.29 bits per heavy atom. The fourth-order valence-electron chi connectivity index (χ4n) is 3.94. The summed E-state index contributed by atoms with van der Waals surface area (Å²) in [5.41, 5.74) is -0.339. The summed E-state index contributed by atoms with van der Waals surface area (Å²) in [7, 11) is 0. The van der Waals surface area contributed by atoms with Crippen LogP contribution >= 0.6 is 0 Å². The largest absolute Gasteiger partial charge is 0.349 e. The summed E-state index contributed by atoms with van der Waals surface area (Å²) in [6.07, 6.45) is 8.62. The smallest absolute Gasteiger partial charge is 0.286 e. The van der Waals surface area contributed by atoms with E-state index < -0.39 is 5.56 Å². The summed E-state index contributed by atoms with van der Waals surface area (Å²) in [5.74, 6) is 1.28. The molecule has 0 aliphatic heterocycles. The van der Waals surface area contributed by atoms with Gasteiger partial charge in [-0.2, -0.15) is 4.52 Å². The van der Waals surface area contributed by atoms with E-state index in [1.807, 2.05) is 0 Å². The molecule has 4 rings (SSSR count). The first-order chi connectivity index (χ1) is 10.2. The quantitative estimate of drug-likeness (QED) is 0.851. The summed E-state index contributed by atoms with van der Waals surface area (Å²) in [5, 5.41) is 5.70. The van der Waals surface area contributed by atoms with Crippen molar-refractivity contribution in [2.24, 2.45) is 11.8 Å². The number of aromatic nitrogens is 4. The molecule has 0 bridgehead atoms. The predicted octanol–water partition coefficient (Wildman–Crippen LogP) is 0.726. The van der Waals surface area contributed by atoms with Gasteiger partial charge in [0, 0.05) is 12.2 Å². The van der Waals surface area contributed by atoms with Crippen molar-refractivity contribution < 1.29 is 4.79 Å². The van der Waals surface area contributed by atoms with Gasteiger partial charge in [-0.25, -0.2) is 9.97 Å². The highest BCUT2D eigenvalue weighted by Crippen LogP contribution is 2.43. The van der Waals surface area contributed by atoms with E-state index in [0.29, 0.717) is 5.92 Å². The average Bonchev–Trinajstić information content (AvgIpc) is 3.16. The number of aromatic amines is 1. The number of nitrogens with zero attached hydrogens (tertiary/aromatic N) is 3. The van der Waals surface area contributed by atoms with Crippen molar-refractivity contribution in [2.45, 2.75) is 38.1 Å². The standard InChI is InChI=1S/C14H17N5O2/c20-12(18-11-5-4-8-2-1-3-9(8)11)10-6-15-14-16-7-17-19(14)13(10)21/h6-9,11H,1-5H2,(H,18,20)(H,15,16,17)/t8-,9-,11-/m1/s1. The highest BCUT2D eigenvalue weighted by molar-refractivity contribution is 5.93. The minimum atomic E-state index is -0.407. The SMILES string of the molecule is O=C(N[C@@H]1CC[C@H]2CCC[C@H]21)c1cnc2nc[nH]n2c1=O. The third-order valence-electron chi connectivity index (χ3n) is 4.95. The Hall–Kier alpha value is -2.18. The zero-order chi connectivity index (χ0) is 14.4. The molecule has 0 aromatic carbocycles. The molecule has 2 aromatic heterocycles. The molecular formula is C14H17N5O2. The van der Waals surface area contributed by atoms with E-state index in [9.17, 15) is 9.59 Å². The maximum absolute atomic E-state index is 12.4. The Morgan fingerprint density at radius 2 is 2.19 bits per heavy atom. The number of hydrogen-bond donors (Lipinski definition) is 2. The van der Waals surface area contributed by atoms with Crippen LogP contribution in [0.5, 0.6) is 0 Å². The van der Waals surface area contributed by atoms with Crippen LogP contribution in [0.25, 0.3) is 5.78 Å². The van der Waals surface area contributed by atoms with Gasteiger partial charge in [0.1, 0.15) is 11.9 Å². The van der Waals surface area contributed by atoms with Crippen molar-refractivity contribution in [3.05, 3.63) is 28.4 Å². The number of rotatable bonds is 2. The Kier molecular flexibility index (Phi) is 2.80. The summed E-state index contributed by atoms with van der Waals surface area (Å²) in [6.45, 7) is 0. The lowest BCUT2D eigenvalue weighted by molar-refractivity contribution is 0.0924. The summed E-state index contributed by atoms with van der Waals surface area (Å²) >= 11 is 0. The average molecular weight is 287 g/mol. The Morgan fingerprint density at radius 3 is 3.10 bits per heavy atom. The maximum atomic E-state index is 12.4. The molecule has 2 N–H and O–H groups in total. The van der Waals surface area contributed by atoms with Gasteiger partial charge in [-0.15, -0.1) is 0 Å². The number of hydrogen-bond acceptors (Lipinski definition) is 4. The van der Waals surface area contributed by atoms with Crippen LogP contribution in [0.3, 0.4) is 0 Å². The Labute approximate surface area is 120 Å². The highest BCUT2D eigenvalue weighted by atomic mass is 16.2. The van der Waals surface area contributed by atoms with Gasteiger partial charge in [0.2, 0.25) is 0 Å². The molecule has 2 aromatic rings. The monoisotopic (exact) mass is 287 g/mol. The van der Waals surface area contributed by atoms with Crippen LogP contribution in [0, 0.1) is 11.8 Å². The first kappa shape index (κ1) is 12.6. The van der Waals surface area contributed by atoms with Crippen LogP contribution in [-0.4, -0.2) is 31.5 Å². The van der Waals surface area contributed by atoms with Crippen molar-refractivity contribution in [2.75, 3.05) is 0 Å². The summed E-state index contributed by atoms with van der Waals surface area (Å²) in [6, 6.07) is 0.201. The van der Waals surface area contributed by atoms with Crippen LogP contribution in [0.4, 0.5) is 0 Å². The molecule has 0 unspecified atom stereocenters. The minimum absolute atomic E-state index is 0.0678. The van der Waals surface area contributed by atoms with Crippen molar-refractivity contribution in [3.63, 3.8) is 0 Å². The molecule has 7 heteroatoms. The van der Waals surface area contributed by atoms with E-state index in [0.717, 1.165) is 12.3 Å². The van der Waals surface area contributed by atoms with E-state index in [4.69, 9.17) is 0 Å². The molecule has 2 fully saturated rings. The molecule has 2 aliphatic carbocycles. The first-order valence-electron chi connectivity index (χ1n) is 7.46. The topological polar surface area (TPSA) is 92.2 Å². The van der Waals surface area contributed by atoms with Crippen LogP contribution in [0.15, 0.2) is 17.3 Å². The van der Waals surface area contributed by atoms with Gasteiger partial charge < -0.3 is 5.32 Å². The van der Waals surface area contributed by atoms with Crippen LogP contribution < -0.4 is 10.9 Å². The first-order valence-corrected chi connectivity index (χ1v) is 7.46. The van der Waals surface area contributed by atoms with E-state index in [-0.39, 0.29) is 23.3 Å². The lowest BCUT2D eigenvalue weighted by Gasteiger charge is -2.19. The van der Waals surface area contributed by atoms with Crippen molar-refractivity contribution in [3.8, 4) is 0 Å². The molecule has 21 heavy (non-hydrogen) atoms. The highest BCUT2D eigenvalue weighted by Gasteiger charge is 2.39. The number of amides is 1. The van der Waals surface area contributed by atoms with Crippen molar-refractivity contribution in [1.82, 2.24) is 24.9 Å². The molecule has 2 saturated carbocycles. The molecule has 7 nitrogen and oxygen atoms in total. The maximum Gasteiger partial charge on any atom is 0.286 e. The van der Waals surface area contributed by atoms with Crippen LogP contribution in [-0.2, 0) is 0 Å². The number of carbonyl (C=O) groups excluding carboxylic acids is 1. The molecule has 0 spiro atoms. The lowest BCUT2D eigenvalue weighted by atomic mass is 9.97. The second-order valence-electron chi connectivity index (χ2n) is 6.01. The third kappa shape index (κ3) is 1.95. The van der Waals surface area contributed by atoms with Crippen molar-refractivity contribution in [1.29, 1.82) is 0 Å². The lowest BCUT2D eigenvalue weighted by Crippen LogP contribution is -2.40. The number of fused-ring (bicyclic) bond motifs is 2. The minimum Gasteiger partial charge on any atom is -0.349 e. The predicted molar refractivity (Wildman–Crippen MR) is 74.9 cm³/mol. The van der Waals surface area contributed by atoms with Gasteiger partial charge in [-0.1, -0.05) is 12.8 Å². The third-order valence-corrected chi connectivity index (χ3v) is 4.95. The molecule has 1 amide bonds. The number of H-pyrrole nitrogens is 1. The van der Waals surface area contributed by atoms with Gasteiger partial charge in [0.25, 0.3) is 17.2 Å². The Balaban J connectivity index is 1.59. The van der Waals surface area contributed by atoms with E-state index in [1.165, 1.54) is 42.7 Å². The summed E-state index contributed by atoms with van der Waals surface area (Å²) in [4.78, 5) is 32.5. The molecule has 110 valence electrons. The van der Waals surface area contributed by atoms with Gasteiger partial charge >= 0.3 is 0 Å². The van der Waals surface area contributed by atoms with Gasteiger partial charge in [-0.05, 0) is 31.1 Å². The van der Waals surface area contributed by atoms with Crippen LogP contribution in [0.1, 0.15) is 42.5 Å². The van der Waals surface area contributed by atoms with Crippen molar-refractivity contribution >= 4 is 11.7 Å². The number of nitrogens with one attached hydrogen (secondary N) is 2.